The molecule has 0 aliphatic carbocycles. The fraction of sp³-hybridized carbons (Fsp3) is 0.381. The Labute approximate surface area is 155 Å². The summed E-state index contributed by atoms with van der Waals surface area (Å²) in [5.41, 5.74) is 1.91. The Morgan fingerprint density at radius 2 is 1.65 bits per heavy atom. The molecule has 0 fully saturated rings. The lowest BCUT2D eigenvalue weighted by Crippen LogP contribution is -2.28. The summed E-state index contributed by atoms with van der Waals surface area (Å²) >= 11 is 0. The van der Waals surface area contributed by atoms with Crippen molar-refractivity contribution in [2.75, 3.05) is 20.3 Å². The molecule has 0 aromatic heterocycles. The molecule has 0 saturated heterocycles. The van der Waals surface area contributed by atoms with E-state index in [1.807, 2.05) is 63.2 Å². The Hall–Kier alpha value is -2.69. The first kappa shape index (κ1) is 19.6. The number of hydrogen-bond donors (Lipinski definition) is 1. The lowest BCUT2D eigenvalue weighted by Gasteiger charge is -2.17. The van der Waals surface area contributed by atoms with Crippen LogP contribution in [0.2, 0.25) is 0 Å². The fourth-order valence-corrected chi connectivity index (χ4v) is 2.64. The summed E-state index contributed by atoms with van der Waals surface area (Å²) in [5.74, 6) is 2.16. The highest BCUT2D eigenvalue weighted by Crippen LogP contribution is 2.30. The van der Waals surface area contributed by atoms with Crippen LogP contribution in [0.4, 0.5) is 0 Å². The zero-order chi connectivity index (χ0) is 18.9. The van der Waals surface area contributed by atoms with Crippen LogP contribution < -0.4 is 19.5 Å². The molecule has 2 aromatic rings. The van der Waals surface area contributed by atoms with Crippen LogP contribution >= 0.6 is 0 Å². The van der Waals surface area contributed by atoms with Crippen molar-refractivity contribution in [2.24, 2.45) is 0 Å². The highest BCUT2D eigenvalue weighted by Gasteiger charge is 2.13. The van der Waals surface area contributed by atoms with E-state index in [1.54, 1.807) is 7.11 Å². The van der Waals surface area contributed by atoms with Gasteiger partial charge in [0.05, 0.1) is 32.8 Å². The first-order valence-electron chi connectivity index (χ1n) is 8.89. The van der Waals surface area contributed by atoms with E-state index in [0.717, 1.165) is 22.6 Å². The van der Waals surface area contributed by atoms with Crippen LogP contribution in [-0.2, 0) is 11.2 Å². The summed E-state index contributed by atoms with van der Waals surface area (Å²) < 4.78 is 16.4. The molecule has 0 aliphatic rings. The number of ether oxygens (including phenoxy) is 3. The van der Waals surface area contributed by atoms with Crippen LogP contribution in [0.1, 0.15) is 37.9 Å². The van der Waals surface area contributed by atoms with Crippen molar-refractivity contribution >= 4 is 5.91 Å². The molecule has 1 amide bonds. The van der Waals surface area contributed by atoms with Crippen molar-refractivity contribution < 1.29 is 19.0 Å². The average Bonchev–Trinajstić information content (AvgIpc) is 2.64. The average molecular weight is 357 g/mol. The third-order valence-corrected chi connectivity index (χ3v) is 3.97. The first-order valence-corrected chi connectivity index (χ1v) is 8.89. The van der Waals surface area contributed by atoms with Crippen LogP contribution in [0, 0.1) is 0 Å². The van der Waals surface area contributed by atoms with Crippen molar-refractivity contribution in [1.29, 1.82) is 0 Å². The van der Waals surface area contributed by atoms with Gasteiger partial charge in [0, 0.05) is 0 Å². The maximum Gasteiger partial charge on any atom is 0.224 e. The zero-order valence-electron chi connectivity index (χ0n) is 15.9. The van der Waals surface area contributed by atoms with Crippen molar-refractivity contribution in [3.05, 3.63) is 53.6 Å². The largest absolute Gasteiger partial charge is 0.497 e. The van der Waals surface area contributed by atoms with Crippen molar-refractivity contribution in [1.82, 2.24) is 5.32 Å². The maximum atomic E-state index is 12.3. The number of nitrogens with one attached hydrogen (secondary N) is 1. The second-order valence-corrected chi connectivity index (χ2v) is 5.89. The molecular formula is C21H27NO4. The number of carbonyl (C=O) groups excluding carboxylic acids is 1. The van der Waals surface area contributed by atoms with Gasteiger partial charge in [-0.2, -0.15) is 0 Å². The Bertz CT molecular complexity index is 712. The van der Waals surface area contributed by atoms with E-state index in [9.17, 15) is 4.79 Å². The van der Waals surface area contributed by atoms with Gasteiger partial charge in [-0.25, -0.2) is 0 Å². The van der Waals surface area contributed by atoms with E-state index >= 15 is 0 Å². The molecule has 0 saturated carbocycles. The monoisotopic (exact) mass is 357 g/mol. The quantitative estimate of drug-likeness (QED) is 0.739. The highest BCUT2D eigenvalue weighted by molar-refractivity contribution is 5.79. The van der Waals surface area contributed by atoms with Gasteiger partial charge in [-0.1, -0.05) is 18.2 Å². The minimum Gasteiger partial charge on any atom is -0.497 e. The van der Waals surface area contributed by atoms with Gasteiger partial charge in [-0.05, 0) is 56.2 Å². The molecule has 0 unspecified atom stereocenters. The summed E-state index contributed by atoms with van der Waals surface area (Å²) in [6.07, 6.45) is 0.323. The Morgan fingerprint density at radius 3 is 2.27 bits per heavy atom. The van der Waals surface area contributed by atoms with Crippen molar-refractivity contribution in [3.8, 4) is 17.2 Å². The zero-order valence-corrected chi connectivity index (χ0v) is 15.9. The smallest absolute Gasteiger partial charge is 0.224 e. The highest BCUT2D eigenvalue weighted by atomic mass is 16.5. The summed E-state index contributed by atoms with van der Waals surface area (Å²) in [7, 11) is 1.62. The summed E-state index contributed by atoms with van der Waals surface area (Å²) in [4.78, 5) is 12.3. The molecule has 1 N–H and O–H groups in total. The van der Waals surface area contributed by atoms with Gasteiger partial charge < -0.3 is 19.5 Å². The summed E-state index contributed by atoms with van der Waals surface area (Å²) in [5, 5.41) is 3.03. The molecule has 5 nitrogen and oxygen atoms in total. The van der Waals surface area contributed by atoms with Crippen molar-refractivity contribution in [3.63, 3.8) is 0 Å². The second kappa shape index (κ2) is 9.70. The number of hydrogen-bond acceptors (Lipinski definition) is 4. The fourth-order valence-electron chi connectivity index (χ4n) is 2.64. The molecule has 0 spiro atoms. The van der Waals surface area contributed by atoms with Gasteiger partial charge in [0.25, 0.3) is 0 Å². The molecule has 0 heterocycles. The minimum absolute atomic E-state index is 0.0329. The van der Waals surface area contributed by atoms with Gasteiger partial charge >= 0.3 is 0 Å². The SMILES string of the molecule is CCOc1ccc([C@@H](C)NC(=O)Cc2ccc(OC)cc2)cc1OCC. The normalized spacial score (nSPS) is 11.5. The Kier molecular flexibility index (Phi) is 7.33. The van der Waals surface area contributed by atoms with Gasteiger partial charge in [-0.3, -0.25) is 4.79 Å². The van der Waals surface area contributed by atoms with Crippen LogP contribution in [0.5, 0.6) is 17.2 Å². The second-order valence-electron chi connectivity index (χ2n) is 5.89. The van der Waals surface area contributed by atoms with Gasteiger partial charge in [0.2, 0.25) is 5.91 Å². The molecule has 0 aliphatic heterocycles. The minimum atomic E-state index is -0.129. The summed E-state index contributed by atoms with van der Waals surface area (Å²) in [6, 6.07) is 13.1. The number of benzene rings is 2. The lowest BCUT2D eigenvalue weighted by molar-refractivity contribution is -0.121. The van der Waals surface area contributed by atoms with Crippen molar-refractivity contribution in [2.45, 2.75) is 33.2 Å². The number of amides is 1. The molecule has 0 radical (unpaired) electrons. The third kappa shape index (κ3) is 5.41. The number of methoxy groups -OCH3 is 1. The van der Waals surface area contributed by atoms with E-state index in [1.165, 1.54) is 0 Å². The van der Waals surface area contributed by atoms with E-state index in [4.69, 9.17) is 14.2 Å². The van der Waals surface area contributed by atoms with E-state index < -0.39 is 0 Å². The van der Waals surface area contributed by atoms with Crippen LogP contribution in [0.15, 0.2) is 42.5 Å². The third-order valence-electron chi connectivity index (χ3n) is 3.97. The van der Waals surface area contributed by atoms with Crippen LogP contribution in [0.25, 0.3) is 0 Å². The molecule has 140 valence electrons. The van der Waals surface area contributed by atoms with E-state index in [0.29, 0.717) is 25.4 Å². The molecule has 1 atom stereocenters. The Morgan fingerprint density at radius 1 is 1.00 bits per heavy atom. The number of rotatable bonds is 9. The summed E-state index contributed by atoms with van der Waals surface area (Å²) in [6.45, 7) is 6.96. The maximum absolute atomic E-state index is 12.3. The molecule has 0 bridgehead atoms. The van der Waals surface area contributed by atoms with Gasteiger partial charge in [-0.15, -0.1) is 0 Å². The lowest BCUT2D eigenvalue weighted by atomic mass is 10.1. The predicted octanol–water partition coefficient (Wildman–Crippen LogP) is 3.91. The topological polar surface area (TPSA) is 56.8 Å². The predicted molar refractivity (Wildman–Crippen MR) is 102 cm³/mol. The van der Waals surface area contributed by atoms with Gasteiger partial charge in [0.15, 0.2) is 11.5 Å². The molecule has 2 rings (SSSR count). The molecule has 26 heavy (non-hydrogen) atoms. The first-order chi connectivity index (χ1) is 12.6. The van der Waals surface area contributed by atoms with E-state index in [-0.39, 0.29) is 11.9 Å². The van der Waals surface area contributed by atoms with E-state index in [2.05, 4.69) is 5.32 Å². The molecular weight excluding hydrogens is 330 g/mol. The standard InChI is InChI=1S/C21H27NO4/c1-5-25-19-12-9-17(14-20(19)26-6-2)15(3)22-21(23)13-16-7-10-18(24-4)11-8-16/h7-12,14-15H,5-6,13H2,1-4H3,(H,22,23)/t15-/m1/s1. The Balaban J connectivity index is 2.02. The van der Waals surface area contributed by atoms with Crippen LogP contribution in [-0.4, -0.2) is 26.2 Å². The number of carbonyl (C=O) groups is 1. The molecule has 2 aromatic carbocycles. The van der Waals surface area contributed by atoms with Gasteiger partial charge in [0.1, 0.15) is 5.75 Å². The molecule has 5 heteroatoms. The van der Waals surface area contributed by atoms with Crippen LogP contribution in [0.3, 0.4) is 0 Å².